The van der Waals surface area contributed by atoms with Gasteiger partial charge in [0.1, 0.15) is 0 Å². The zero-order chi connectivity index (χ0) is 32.7. The highest BCUT2D eigenvalue weighted by Gasteiger charge is 2.12. The molecule has 0 aliphatic heterocycles. The van der Waals surface area contributed by atoms with E-state index >= 15 is 0 Å². The Labute approximate surface area is 286 Å². The van der Waals surface area contributed by atoms with Crippen molar-refractivity contribution in [2.24, 2.45) is 20.4 Å². The largest absolute Gasteiger partial charge is 0.336 e. The Morgan fingerprint density at radius 2 is 0.917 bits per heavy atom. The molecular weight excluding hydrogens is 633 g/mol. The molecule has 7 rings (SSSR count). The monoisotopic (exact) mass is 662 g/mol. The molecule has 5 aromatic carbocycles. The molecule has 0 bridgehead atoms. The summed E-state index contributed by atoms with van der Waals surface area (Å²) in [7, 11) is 0. The number of fused-ring (bicyclic) bond motifs is 2. The molecule has 0 atom stereocenters. The summed E-state index contributed by atoms with van der Waals surface area (Å²) in [5.74, 6) is 1.17. The van der Waals surface area contributed by atoms with Gasteiger partial charge in [-0.1, -0.05) is 83.9 Å². The van der Waals surface area contributed by atoms with Crippen LogP contribution in [0.4, 0.5) is 11.4 Å². The fraction of sp³-hybridized carbons (Fsp3) is 0.0526. The number of amidine groups is 2. The number of thiazole rings is 2. The van der Waals surface area contributed by atoms with Crippen LogP contribution in [0.5, 0.6) is 0 Å². The summed E-state index contributed by atoms with van der Waals surface area (Å²) in [6.07, 6.45) is 3.44. The SMILES string of the molecule is Cc1ccc(N/C(=N\N=C\c2ccc(/C=N/N=C(\Nc3ccc(C)cc3)c3nc4ccccc4s3)cc2)c2nc3ccccc3s2)cc1. The molecule has 48 heavy (non-hydrogen) atoms. The number of anilines is 2. The molecule has 0 spiro atoms. The number of nitrogens with one attached hydrogen (secondary N) is 2. The first-order chi connectivity index (χ1) is 23.6. The Hall–Kier alpha value is -5.84. The van der Waals surface area contributed by atoms with Crippen molar-refractivity contribution < 1.29 is 0 Å². The first-order valence-corrected chi connectivity index (χ1v) is 16.9. The summed E-state index contributed by atoms with van der Waals surface area (Å²) >= 11 is 3.15. The maximum atomic E-state index is 4.78. The minimum Gasteiger partial charge on any atom is -0.336 e. The van der Waals surface area contributed by atoms with E-state index in [2.05, 4.69) is 81.3 Å². The molecule has 0 aliphatic carbocycles. The Morgan fingerprint density at radius 1 is 0.521 bits per heavy atom. The average molecular weight is 663 g/mol. The molecule has 0 amide bonds. The van der Waals surface area contributed by atoms with Crippen molar-refractivity contribution >= 4 is 78.6 Å². The predicted octanol–water partition coefficient (Wildman–Crippen LogP) is 9.31. The predicted molar refractivity (Wildman–Crippen MR) is 204 cm³/mol. The van der Waals surface area contributed by atoms with Crippen molar-refractivity contribution in [3.63, 3.8) is 0 Å². The minimum absolute atomic E-state index is 0.584. The first-order valence-electron chi connectivity index (χ1n) is 15.3. The van der Waals surface area contributed by atoms with Gasteiger partial charge < -0.3 is 10.6 Å². The summed E-state index contributed by atoms with van der Waals surface area (Å²) in [5.41, 5.74) is 7.86. The third kappa shape index (κ3) is 7.58. The van der Waals surface area contributed by atoms with Crippen LogP contribution in [0.3, 0.4) is 0 Å². The standard InChI is InChI=1S/C38H30N8S2/c1-25-11-19-29(20-12-25)41-35(37-43-31-7-3-5-9-33(31)47-37)45-39-23-27-15-17-28(18-16-27)24-40-46-36(42-30-21-13-26(2)14-22-30)38-44-32-8-4-6-10-34(32)48-38/h3-24H,1-2H3,(H,41,45)(H,42,46)/b39-23+,40-24+. The fourth-order valence-corrected chi connectivity index (χ4v) is 6.52. The normalized spacial score (nSPS) is 12.5. The van der Waals surface area contributed by atoms with Crippen molar-refractivity contribution in [3.05, 3.63) is 154 Å². The van der Waals surface area contributed by atoms with Gasteiger partial charge in [0.2, 0.25) is 0 Å². The maximum absolute atomic E-state index is 4.78. The van der Waals surface area contributed by atoms with Gasteiger partial charge in [0.05, 0.1) is 32.9 Å². The smallest absolute Gasteiger partial charge is 0.189 e. The second-order valence-corrected chi connectivity index (χ2v) is 13.1. The Morgan fingerprint density at radius 3 is 1.31 bits per heavy atom. The van der Waals surface area contributed by atoms with E-state index in [0.29, 0.717) is 11.7 Å². The lowest BCUT2D eigenvalue weighted by Crippen LogP contribution is -2.13. The molecule has 0 unspecified atom stereocenters. The van der Waals surface area contributed by atoms with Gasteiger partial charge in [0, 0.05) is 11.4 Å². The maximum Gasteiger partial charge on any atom is 0.189 e. The Balaban J connectivity index is 1.09. The van der Waals surface area contributed by atoms with Crippen LogP contribution in [0.2, 0.25) is 0 Å². The molecule has 8 nitrogen and oxygen atoms in total. The number of rotatable bonds is 8. The van der Waals surface area contributed by atoms with E-state index in [0.717, 1.165) is 53.0 Å². The highest BCUT2D eigenvalue weighted by atomic mass is 32.1. The van der Waals surface area contributed by atoms with E-state index in [-0.39, 0.29) is 0 Å². The lowest BCUT2D eigenvalue weighted by Gasteiger charge is -2.06. The van der Waals surface area contributed by atoms with Crippen molar-refractivity contribution in [1.29, 1.82) is 0 Å². The highest BCUT2D eigenvalue weighted by Crippen LogP contribution is 2.24. The minimum atomic E-state index is 0.584. The molecule has 2 aromatic heterocycles. The number of aromatic nitrogens is 2. The number of hydrogen-bond donors (Lipinski definition) is 2. The zero-order valence-electron chi connectivity index (χ0n) is 26.2. The zero-order valence-corrected chi connectivity index (χ0v) is 27.8. The molecule has 2 heterocycles. The summed E-state index contributed by atoms with van der Waals surface area (Å²) in [5, 5.41) is 26.2. The lowest BCUT2D eigenvalue weighted by atomic mass is 10.2. The van der Waals surface area contributed by atoms with Gasteiger partial charge in [-0.25, -0.2) is 9.97 Å². The molecule has 0 saturated carbocycles. The van der Waals surface area contributed by atoms with Crippen LogP contribution >= 0.6 is 22.7 Å². The number of para-hydroxylation sites is 2. The quantitative estimate of drug-likeness (QED) is 0.0963. The second-order valence-electron chi connectivity index (χ2n) is 11.0. The van der Waals surface area contributed by atoms with E-state index in [4.69, 9.17) is 9.97 Å². The van der Waals surface area contributed by atoms with Gasteiger partial charge in [-0.15, -0.1) is 32.9 Å². The molecule has 7 aromatic rings. The van der Waals surface area contributed by atoms with Crippen LogP contribution in [-0.2, 0) is 0 Å². The average Bonchev–Trinajstić information content (AvgIpc) is 3.75. The second kappa shape index (κ2) is 14.3. The molecule has 10 heteroatoms. The van der Waals surface area contributed by atoms with Gasteiger partial charge in [-0.05, 0) is 73.5 Å². The molecule has 0 saturated heterocycles. The van der Waals surface area contributed by atoms with E-state index < -0.39 is 0 Å². The molecule has 0 radical (unpaired) electrons. The lowest BCUT2D eigenvalue weighted by molar-refractivity contribution is 1.23. The molecule has 2 N–H and O–H groups in total. The van der Waals surface area contributed by atoms with Crippen LogP contribution < -0.4 is 10.6 Å². The van der Waals surface area contributed by atoms with Gasteiger partial charge in [0.25, 0.3) is 0 Å². The summed E-state index contributed by atoms with van der Waals surface area (Å²) < 4.78 is 2.18. The summed E-state index contributed by atoms with van der Waals surface area (Å²) in [6, 6.07) is 40.3. The Bertz CT molecular complexity index is 2070. The van der Waals surface area contributed by atoms with Crippen molar-refractivity contribution in [3.8, 4) is 0 Å². The topological polar surface area (TPSA) is 99.3 Å². The molecule has 0 fully saturated rings. The number of aryl methyl sites for hydroxylation is 2. The van der Waals surface area contributed by atoms with Crippen LogP contribution in [0, 0.1) is 13.8 Å². The molecular formula is C38H30N8S2. The van der Waals surface area contributed by atoms with E-state index in [9.17, 15) is 0 Å². The number of hydrogen-bond acceptors (Lipinski definition) is 8. The van der Waals surface area contributed by atoms with Crippen LogP contribution in [-0.4, -0.2) is 34.1 Å². The third-order valence-electron chi connectivity index (χ3n) is 7.29. The van der Waals surface area contributed by atoms with Crippen LogP contribution in [0.15, 0.2) is 142 Å². The Kier molecular flexibility index (Phi) is 9.17. The van der Waals surface area contributed by atoms with Gasteiger partial charge in [-0.2, -0.15) is 10.2 Å². The first kappa shape index (κ1) is 30.8. The number of benzene rings is 5. The van der Waals surface area contributed by atoms with Gasteiger partial charge in [-0.3, -0.25) is 0 Å². The molecule has 234 valence electrons. The van der Waals surface area contributed by atoms with E-state index in [1.54, 1.807) is 35.1 Å². The van der Waals surface area contributed by atoms with Gasteiger partial charge in [0.15, 0.2) is 21.7 Å². The summed E-state index contributed by atoms with van der Waals surface area (Å²) in [6.45, 7) is 4.12. The van der Waals surface area contributed by atoms with Crippen molar-refractivity contribution in [1.82, 2.24) is 9.97 Å². The van der Waals surface area contributed by atoms with Crippen LogP contribution in [0.25, 0.3) is 20.4 Å². The molecule has 0 aliphatic rings. The van der Waals surface area contributed by atoms with Crippen LogP contribution in [0.1, 0.15) is 32.3 Å². The third-order valence-corrected chi connectivity index (χ3v) is 9.37. The van der Waals surface area contributed by atoms with E-state index in [1.165, 1.54) is 11.1 Å². The fourth-order valence-electron chi connectivity index (χ4n) is 4.71. The number of nitrogens with zero attached hydrogens (tertiary/aromatic N) is 6. The highest BCUT2D eigenvalue weighted by molar-refractivity contribution is 7.20. The van der Waals surface area contributed by atoms with E-state index in [1.807, 2.05) is 84.9 Å². The van der Waals surface area contributed by atoms with Crippen molar-refractivity contribution in [2.45, 2.75) is 13.8 Å². The van der Waals surface area contributed by atoms with Crippen molar-refractivity contribution in [2.75, 3.05) is 10.6 Å². The summed E-state index contributed by atoms with van der Waals surface area (Å²) in [4.78, 5) is 9.56. The van der Waals surface area contributed by atoms with Gasteiger partial charge >= 0.3 is 0 Å².